The van der Waals surface area contributed by atoms with E-state index in [4.69, 9.17) is 14.2 Å². The highest BCUT2D eigenvalue weighted by atomic mass is 32.2. The molecule has 1 amide bonds. The Morgan fingerprint density at radius 2 is 2.14 bits per heavy atom. The van der Waals surface area contributed by atoms with Gasteiger partial charge in [0.1, 0.15) is 5.37 Å². The molecule has 2 atom stereocenters. The van der Waals surface area contributed by atoms with Gasteiger partial charge in [-0.1, -0.05) is 6.07 Å². The Hall–Kier alpha value is -1.40. The molecule has 5 nitrogen and oxygen atoms in total. The number of methoxy groups -OCH3 is 2. The van der Waals surface area contributed by atoms with E-state index in [2.05, 4.69) is 0 Å². The van der Waals surface area contributed by atoms with Crippen LogP contribution < -0.4 is 9.47 Å². The van der Waals surface area contributed by atoms with Crippen molar-refractivity contribution < 1.29 is 19.0 Å². The number of hydrogen-bond donors (Lipinski definition) is 0. The van der Waals surface area contributed by atoms with Crippen LogP contribution in [0.15, 0.2) is 18.2 Å². The molecule has 2 fully saturated rings. The molecule has 2 heterocycles. The Balaban J connectivity index is 1.80. The van der Waals surface area contributed by atoms with Crippen molar-refractivity contribution in [1.82, 2.24) is 4.90 Å². The number of ether oxygens (including phenoxy) is 3. The van der Waals surface area contributed by atoms with Crippen LogP contribution in [0.3, 0.4) is 0 Å². The van der Waals surface area contributed by atoms with Crippen LogP contribution in [0.1, 0.15) is 23.8 Å². The Bertz CT molecular complexity index is 545. The van der Waals surface area contributed by atoms with Gasteiger partial charge in [0.25, 0.3) is 0 Å². The summed E-state index contributed by atoms with van der Waals surface area (Å²) in [6.45, 7) is 1.48. The average molecular weight is 323 g/mol. The third-order valence-electron chi connectivity index (χ3n) is 4.09. The van der Waals surface area contributed by atoms with E-state index in [1.165, 1.54) is 0 Å². The molecule has 0 N–H and O–H groups in total. The molecule has 2 aliphatic heterocycles. The van der Waals surface area contributed by atoms with Crippen molar-refractivity contribution in [2.24, 2.45) is 0 Å². The largest absolute Gasteiger partial charge is 0.493 e. The second-order valence-electron chi connectivity index (χ2n) is 5.46. The molecule has 120 valence electrons. The van der Waals surface area contributed by atoms with Gasteiger partial charge in [0.05, 0.1) is 26.1 Å². The first-order valence-electron chi connectivity index (χ1n) is 7.47. The van der Waals surface area contributed by atoms with Crippen LogP contribution in [0, 0.1) is 0 Å². The lowest BCUT2D eigenvalue weighted by Gasteiger charge is -2.27. The normalized spacial score (nSPS) is 24.8. The van der Waals surface area contributed by atoms with Crippen molar-refractivity contribution in [2.45, 2.75) is 24.3 Å². The fourth-order valence-corrected chi connectivity index (χ4v) is 4.13. The monoisotopic (exact) mass is 323 g/mol. The van der Waals surface area contributed by atoms with Gasteiger partial charge in [-0.05, 0) is 30.5 Å². The fraction of sp³-hybridized carbons (Fsp3) is 0.562. The molecule has 0 aliphatic carbocycles. The number of amides is 1. The van der Waals surface area contributed by atoms with Gasteiger partial charge in [0.2, 0.25) is 5.91 Å². The molecule has 2 unspecified atom stereocenters. The van der Waals surface area contributed by atoms with Gasteiger partial charge < -0.3 is 19.1 Å². The van der Waals surface area contributed by atoms with Crippen molar-refractivity contribution >= 4 is 17.7 Å². The van der Waals surface area contributed by atoms with E-state index in [0.717, 1.165) is 25.0 Å². The molecule has 0 radical (unpaired) electrons. The summed E-state index contributed by atoms with van der Waals surface area (Å²) in [5.41, 5.74) is 1.06. The average Bonchev–Trinajstić information content (AvgIpc) is 3.18. The molecule has 2 aliphatic rings. The quantitative estimate of drug-likeness (QED) is 0.833. The fourth-order valence-electron chi connectivity index (χ4n) is 2.94. The minimum atomic E-state index is 0.0245. The number of hydrogen-bond acceptors (Lipinski definition) is 5. The molecule has 0 bridgehead atoms. The zero-order valence-corrected chi connectivity index (χ0v) is 13.7. The van der Waals surface area contributed by atoms with Crippen molar-refractivity contribution in [3.05, 3.63) is 23.8 Å². The molecule has 6 heteroatoms. The highest BCUT2D eigenvalue weighted by molar-refractivity contribution is 8.00. The minimum absolute atomic E-state index is 0.0245. The lowest BCUT2D eigenvalue weighted by Crippen LogP contribution is -2.35. The standard InChI is InChI=1S/C16H21NO4S/c1-19-13-6-5-11(8-14(13)20-2)16-17(15(18)10-22-16)9-12-4-3-7-21-12/h5-6,8,12,16H,3-4,7,9-10H2,1-2H3. The first-order valence-corrected chi connectivity index (χ1v) is 8.52. The number of thioether (sulfide) groups is 1. The summed E-state index contributed by atoms with van der Waals surface area (Å²) in [5.74, 6) is 2.09. The molecule has 0 spiro atoms. The summed E-state index contributed by atoms with van der Waals surface area (Å²) >= 11 is 1.65. The van der Waals surface area contributed by atoms with E-state index in [-0.39, 0.29) is 17.4 Å². The Kier molecular flexibility index (Phi) is 4.78. The lowest BCUT2D eigenvalue weighted by molar-refractivity contribution is -0.129. The highest BCUT2D eigenvalue weighted by Crippen LogP contribution is 2.41. The maximum atomic E-state index is 12.2. The third kappa shape index (κ3) is 3.03. The van der Waals surface area contributed by atoms with Gasteiger partial charge in [-0.3, -0.25) is 4.79 Å². The second kappa shape index (κ2) is 6.79. The molecule has 0 aromatic heterocycles. The molecule has 1 aromatic carbocycles. The zero-order chi connectivity index (χ0) is 15.5. The van der Waals surface area contributed by atoms with Crippen molar-refractivity contribution in [2.75, 3.05) is 33.1 Å². The van der Waals surface area contributed by atoms with Crippen LogP contribution in [-0.4, -0.2) is 50.0 Å². The van der Waals surface area contributed by atoms with E-state index in [0.29, 0.717) is 23.8 Å². The smallest absolute Gasteiger partial charge is 0.233 e. The number of carbonyl (C=O) groups excluding carboxylic acids is 1. The van der Waals surface area contributed by atoms with Crippen LogP contribution in [-0.2, 0) is 9.53 Å². The summed E-state index contributed by atoms with van der Waals surface area (Å²) in [6.07, 6.45) is 2.29. The van der Waals surface area contributed by atoms with Gasteiger partial charge in [0, 0.05) is 13.2 Å². The summed E-state index contributed by atoms with van der Waals surface area (Å²) in [6, 6.07) is 5.85. The van der Waals surface area contributed by atoms with Crippen molar-refractivity contribution in [3.63, 3.8) is 0 Å². The first kappa shape index (κ1) is 15.5. The highest BCUT2D eigenvalue weighted by Gasteiger charge is 2.35. The van der Waals surface area contributed by atoms with E-state index in [9.17, 15) is 4.79 Å². The molecule has 3 rings (SSSR count). The van der Waals surface area contributed by atoms with Crippen LogP contribution in [0.4, 0.5) is 0 Å². The van der Waals surface area contributed by atoms with Crippen LogP contribution in [0.5, 0.6) is 11.5 Å². The molecule has 1 aromatic rings. The molecular formula is C16H21NO4S. The second-order valence-corrected chi connectivity index (χ2v) is 6.53. The van der Waals surface area contributed by atoms with Crippen LogP contribution in [0.25, 0.3) is 0 Å². The SMILES string of the molecule is COc1ccc(C2SCC(=O)N2CC2CCCO2)cc1OC. The Morgan fingerprint density at radius 3 is 2.82 bits per heavy atom. The Morgan fingerprint density at radius 1 is 1.32 bits per heavy atom. The minimum Gasteiger partial charge on any atom is -0.493 e. The third-order valence-corrected chi connectivity index (χ3v) is 5.34. The van der Waals surface area contributed by atoms with E-state index in [1.54, 1.807) is 26.0 Å². The van der Waals surface area contributed by atoms with Crippen molar-refractivity contribution in [1.29, 1.82) is 0 Å². The molecule has 0 saturated carbocycles. The number of nitrogens with zero attached hydrogens (tertiary/aromatic N) is 1. The van der Waals surface area contributed by atoms with E-state index >= 15 is 0 Å². The number of rotatable bonds is 5. The van der Waals surface area contributed by atoms with Gasteiger partial charge in [-0.15, -0.1) is 11.8 Å². The van der Waals surface area contributed by atoms with E-state index < -0.39 is 0 Å². The lowest BCUT2D eigenvalue weighted by atomic mass is 10.1. The van der Waals surface area contributed by atoms with Gasteiger partial charge in [-0.2, -0.15) is 0 Å². The number of benzene rings is 1. The number of carbonyl (C=O) groups is 1. The van der Waals surface area contributed by atoms with Crippen LogP contribution in [0.2, 0.25) is 0 Å². The van der Waals surface area contributed by atoms with Gasteiger partial charge in [-0.25, -0.2) is 0 Å². The zero-order valence-electron chi connectivity index (χ0n) is 12.9. The molecule has 2 saturated heterocycles. The summed E-state index contributed by atoms with van der Waals surface area (Å²) < 4.78 is 16.3. The van der Waals surface area contributed by atoms with E-state index in [1.807, 2.05) is 23.1 Å². The molecule has 22 heavy (non-hydrogen) atoms. The first-order chi connectivity index (χ1) is 10.7. The van der Waals surface area contributed by atoms with Gasteiger partial charge >= 0.3 is 0 Å². The molecular weight excluding hydrogens is 302 g/mol. The topological polar surface area (TPSA) is 48.0 Å². The van der Waals surface area contributed by atoms with Crippen LogP contribution >= 0.6 is 11.8 Å². The summed E-state index contributed by atoms with van der Waals surface area (Å²) in [7, 11) is 3.24. The maximum absolute atomic E-state index is 12.2. The summed E-state index contributed by atoms with van der Waals surface area (Å²) in [4.78, 5) is 14.1. The predicted octanol–water partition coefficient (Wildman–Crippen LogP) is 2.46. The Labute approximate surface area is 134 Å². The summed E-state index contributed by atoms with van der Waals surface area (Å²) in [5, 5.41) is 0.0245. The predicted molar refractivity (Wildman–Crippen MR) is 85.4 cm³/mol. The van der Waals surface area contributed by atoms with Gasteiger partial charge in [0.15, 0.2) is 11.5 Å². The maximum Gasteiger partial charge on any atom is 0.233 e. The van der Waals surface area contributed by atoms with Crippen molar-refractivity contribution in [3.8, 4) is 11.5 Å².